The van der Waals surface area contributed by atoms with Crippen molar-refractivity contribution in [2.45, 2.75) is 39.0 Å². The van der Waals surface area contributed by atoms with E-state index in [4.69, 9.17) is 18.0 Å². The number of halogens is 1. The minimum absolute atomic E-state index is 0.108. The van der Waals surface area contributed by atoms with Crippen LogP contribution in [0, 0.1) is 17.7 Å². The molecule has 0 unspecified atom stereocenters. The maximum Gasteiger partial charge on any atom is 0.135 e. The van der Waals surface area contributed by atoms with Crippen LogP contribution in [-0.4, -0.2) is 11.5 Å². The number of hydrogen-bond acceptors (Lipinski definition) is 2. The molecule has 4 heteroatoms. The molecule has 2 nitrogen and oxygen atoms in total. The number of nitrogens with one attached hydrogen (secondary N) is 1. The molecule has 3 N–H and O–H groups in total. The molecule has 0 radical (unpaired) electrons. The van der Waals surface area contributed by atoms with Gasteiger partial charge >= 0.3 is 0 Å². The average Bonchev–Trinajstić information content (AvgIpc) is 2.40. The molecule has 0 spiro atoms. The van der Waals surface area contributed by atoms with Gasteiger partial charge in [0.25, 0.3) is 0 Å². The van der Waals surface area contributed by atoms with Gasteiger partial charge in [0.1, 0.15) is 10.8 Å². The van der Waals surface area contributed by atoms with Crippen molar-refractivity contribution in [3.05, 3.63) is 29.6 Å². The second kappa shape index (κ2) is 7.02. The molecule has 110 valence electrons. The van der Waals surface area contributed by atoms with E-state index < -0.39 is 0 Å². The summed E-state index contributed by atoms with van der Waals surface area (Å²) in [6.07, 6.45) is 6.42. The smallest absolute Gasteiger partial charge is 0.135 e. The Bertz CT molecular complexity index is 468. The third-order valence-corrected chi connectivity index (χ3v) is 4.47. The Morgan fingerprint density at radius 1 is 1.35 bits per heavy atom. The van der Waals surface area contributed by atoms with E-state index in [9.17, 15) is 4.39 Å². The van der Waals surface area contributed by atoms with Crippen molar-refractivity contribution in [2.75, 3.05) is 11.9 Å². The van der Waals surface area contributed by atoms with Gasteiger partial charge in [-0.25, -0.2) is 4.39 Å². The second-order valence-corrected chi connectivity index (χ2v) is 6.31. The third-order valence-electron chi connectivity index (χ3n) is 4.26. The SMILES string of the molecule is CC1CCC(CCNc2cccc(F)c2C(N)=S)CC1. The summed E-state index contributed by atoms with van der Waals surface area (Å²) in [6, 6.07) is 4.91. The zero-order valence-corrected chi connectivity index (χ0v) is 12.8. The van der Waals surface area contributed by atoms with Crippen LogP contribution in [0.25, 0.3) is 0 Å². The Balaban J connectivity index is 1.88. The lowest BCUT2D eigenvalue weighted by atomic mass is 9.81. The lowest BCUT2D eigenvalue weighted by molar-refractivity contribution is 0.282. The van der Waals surface area contributed by atoms with Crippen molar-refractivity contribution < 1.29 is 4.39 Å². The molecule has 1 aromatic carbocycles. The van der Waals surface area contributed by atoms with Crippen molar-refractivity contribution in [2.24, 2.45) is 17.6 Å². The molecule has 1 aliphatic carbocycles. The summed E-state index contributed by atoms with van der Waals surface area (Å²) < 4.78 is 13.7. The molecule has 0 heterocycles. The zero-order chi connectivity index (χ0) is 14.5. The van der Waals surface area contributed by atoms with Gasteiger partial charge in [-0.3, -0.25) is 0 Å². The second-order valence-electron chi connectivity index (χ2n) is 5.87. The fraction of sp³-hybridized carbons (Fsp3) is 0.562. The summed E-state index contributed by atoms with van der Waals surface area (Å²) >= 11 is 4.92. The number of thiocarbonyl (C=S) groups is 1. The molecule has 0 bridgehead atoms. The topological polar surface area (TPSA) is 38.0 Å². The van der Waals surface area contributed by atoms with Gasteiger partial charge in [0.2, 0.25) is 0 Å². The van der Waals surface area contributed by atoms with E-state index in [-0.39, 0.29) is 10.8 Å². The Labute approximate surface area is 125 Å². The van der Waals surface area contributed by atoms with Gasteiger partial charge < -0.3 is 11.1 Å². The monoisotopic (exact) mass is 294 g/mol. The van der Waals surface area contributed by atoms with E-state index in [1.807, 2.05) is 6.07 Å². The molecular weight excluding hydrogens is 271 g/mol. The van der Waals surface area contributed by atoms with Crippen LogP contribution in [0.5, 0.6) is 0 Å². The Hall–Kier alpha value is -1.16. The van der Waals surface area contributed by atoms with Crippen LogP contribution in [0.2, 0.25) is 0 Å². The maximum absolute atomic E-state index is 13.7. The lowest BCUT2D eigenvalue weighted by Gasteiger charge is -2.26. The van der Waals surface area contributed by atoms with E-state index in [2.05, 4.69) is 12.2 Å². The van der Waals surface area contributed by atoms with E-state index >= 15 is 0 Å². The van der Waals surface area contributed by atoms with Crippen LogP contribution in [0.3, 0.4) is 0 Å². The van der Waals surface area contributed by atoms with Gasteiger partial charge in [-0.05, 0) is 30.4 Å². The normalized spacial score (nSPS) is 22.5. The Kier molecular flexibility index (Phi) is 5.35. The molecule has 1 saturated carbocycles. The predicted octanol–water partition coefficient (Wildman–Crippen LogP) is 4.09. The van der Waals surface area contributed by atoms with Crippen LogP contribution < -0.4 is 11.1 Å². The number of anilines is 1. The van der Waals surface area contributed by atoms with Crippen molar-refractivity contribution in [3.8, 4) is 0 Å². The van der Waals surface area contributed by atoms with Crippen molar-refractivity contribution >= 4 is 22.9 Å². The lowest BCUT2D eigenvalue weighted by Crippen LogP contribution is -2.18. The van der Waals surface area contributed by atoms with Crippen molar-refractivity contribution in [3.63, 3.8) is 0 Å². The molecular formula is C16H23FN2S. The van der Waals surface area contributed by atoms with Crippen LogP contribution in [0.15, 0.2) is 18.2 Å². The quantitative estimate of drug-likeness (QED) is 0.803. The summed E-state index contributed by atoms with van der Waals surface area (Å²) in [5.41, 5.74) is 6.64. The van der Waals surface area contributed by atoms with Gasteiger partial charge in [-0.1, -0.05) is 50.9 Å². The third kappa shape index (κ3) is 3.92. The van der Waals surface area contributed by atoms with Crippen molar-refractivity contribution in [1.29, 1.82) is 0 Å². The van der Waals surface area contributed by atoms with Crippen LogP contribution in [0.1, 0.15) is 44.6 Å². The molecule has 0 saturated heterocycles. The highest BCUT2D eigenvalue weighted by molar-refractivity contribution is 7.80. The first-order chi connectivity index (χ1) is 9.58. The van der Waals surface area contributed by atoms with Crippen molar-refractivity contribution in [1.82, 2.24) is 0 Å². The number of nitrogens with two attached hydrogens (primary N) is 1. The summed E-state index contributed by atoms with van der Waals surface area (Å²) in [5.74, 6) is 1.32. The van der Waals surface area contributed by atoms with Gasteiger partial charge in [0.15, 0.2) is 0 Å². The van der Waals surface area contributed by atoms with Crippen LogP contribution >= 0.6 is 12.2 Å². The summed E-state index contributed by atoms with van der Waals surface area (Å²) in [5, 5.41) is 3.29. The molecule has 0 aromatic heterocycles. The predicted molar refractivity (Wildman–Crippen MR) is 86.5 cm³/mol. The molecule has 0 aliphatic heterocycles. The van der Waals surface area contributed by atoms with E-state index in [1.165, 1.54) is 31.7 Å². The summed E-state index contributed by atoms with van der Waals surface area (Å²) in [7, 11) is 0. The maximum atomic E-state index is 13.7. The molecule has 0 amide bonds. The van der Waals surface area contributed by atoms with Gasteiger partial charge in [-0.2, -0.15) is 0 Å². The minimum Gasteiger partial charge on any atom is -0.389 e. The Morgan fingerprint density at radius 3 is 2.70 bits per heavy atom. The van der Waals surface area contributed by atoms with Gasteiger partial charge in [-0.15, -0.1) is 0 Å². The largest absolute Gasteiger partial charge is 0.389 e. The number of hydrogen-bond donors (Lipinski definition) is 2. The molecule has 2 rings (SSSR count). The first kappa shape index (κ1) is 15.2. The number of benzene rings is 1. The van der Waals surface area contributed by atoms with E-state index in [0.29, 0.717) is 11.3 Å². The van der Waals surface area contributed by atoms with E-state index in [0.717, 1.165) is 24.8 Å². The number of rotatable bonds is 5. The van der Waals surface area contributed by atoms with Gasteiger partial charge in [0.05, 0.1) is 5.56 Å². The first-order valence-electron chi connectivity index (χ1n) is 7.40. The highest BCUT2D eigenvalue weighted by Crippen LogP contribution is 2.30. The van der Waals surface area contributed by atoms with E-state index in [1.54, 1.807) is 6.07 Å². The van der Waals surface area contributed by atoms with Crippen LogP contribution in [-0.2, 0) is 0 Å². The fourth-order valence-electron chi connectivity index (χ4n) is 2.95. The minimum atomic E-state index is -0.353. The standard InChI is InChI=1S/C16H23FN2S/c1-11-5-7-12(8-6-11)9-10-19-14-4-2-3-13(17)15(14)16(18)20/h2-4,11-12,19H,5-10H2,1H3,(H2,18,20). The summed E-state index contributed by atoms with van der Waals surface area (Å²) in [6.45, 7) is 3.17. The van der Waals surface area contributed by atoms with Gasteiger partial charge in [0, 0.05) is 12.2 Å². The van der Waals surface area contributed by atoms with Crippen LogP contribution in [0.4, 0.5) is 10.1 Å². The molecule has 0 atom stereocenters. The fourth-order valence-corrected chi connectivity index (χ4v) is 3.16. The molecule has 20 heavy (non-hydrogen) atoms. The highest BCUT2D eigenvalue weighted by Gasteiger charge is 2.18. The molecule has 1 aliphatic rings. The highest BCUT2D eigenvalue weighted by atomic mass is 32.1. The molecule has 1 aromatic rings. The molecule has 1 fully saturated rings. The zero-order valence-electron chi connectivity index (χ0n) is 12.0. The average molecular weight is 294 g/mol. The first-order valence-corrected chi connectivity index (χ1v) is 7.81. The summed E-state index contributed by atoms with van der Waals surface area (Å²) in [4.78, 5) is 0.108. The Morgan fingerprint density at radius 2 is 2.05 bits per heavy atom.